The maximum atomic E-state index is 13.5. The van der Waals surface area contributed by atoms with E-state index >= 15 is 0 Å². The molecule has 0 saturated heterocycles. The number of carbonyl (C=O) groups excluding carboxylic acids is 2. The first-order valence-electron chi connectivity index (χ1n) is 11.0. The van der Waals surface area contributed by atoms with Gasteiger partial charge in [-0.05, 0) is 48.9 Å². The minimum absolute atomic E-state index is 0.245. The lowest BCUT2D eigenvalue weighted by Gasteiger charge is -2.30. The molecule has 0 fully saturated rings. The van der Waals surface area contributed by atoms with Gasteiger partial charge in [-0.3, -0.25) is 9.59 Å². The van der Waals surface area contributed by atoms with Crippen LogP contribution in [0.2, 0.25) is 0 Å². The van der Waals surface area contributed by atoms with Gasteiger partial charge in [0.25, 0.3) is 11.8 Å². The summed E-state index contributed by atoms with van der Waals surface area (Å²) in [6.07, 6.45) is 1.53. The lowest BCUT2D eigenvalue weighted by Crippen LogP contribution is -2.32. The number of aromatic nitrogens is 2. The number of allylic oxidation sites excluding steroid dienone is 1. The van der Waals surface area contributed by atoms with Gasteiger partial charge in [0.2, 0.25) is 0 Å². The van der Waals surface area contributed by atoms with Crippen molar-refractivity contribution in [3.63, 3.8) is 0 Å². The summed E-state index contributed by atoms with van der Waals surface area (Å²) in [4.78, 5) is 26.6. The first kappa shape index (κ1) is 22.6. The van der Waals surface area contributed by atoms with Gasteiger partial charge >= 0.3 is 0 Å². The van der Waals surface area contributed by atoms with Crippen molar-refractivity contribution < 1.29 is 9.59 Å². The Labute approximate surface area is 211 Å². The minimum Gasteiger partial charge on any atom is -0.343 e. The van der Waals surface area contributed by atoms with Crippen LogP contribution in [-0.4, -0.2) is 21.6 Å². The number of nitrogens with zero attached hydrogens (tertiary/aromatic N) is 2. The molecule has 1 aromatic heterocycles. The molecule has 2 heterocycles. The molecule has 1 unspecified atom stereocenters. The molecule has 8 heteroatoms. The van der Waals surface area contributed by atoms with Gasteiger partial charge in [0, 0.05) is 21.5 Å². The van der Waals surface area contributed by atoms with E-state index in [4.69, 9.17) is 0 Å². The number of amides is 2. The molecule has 7 nitrogen and oxygen atoms in total. The summed E-state index contributed by atoms with van der Waals surface area (Å²) in [6, 6.07) is 25.8. The minimum atomic E-state index is -0.527. The summed E-state index contributed by atoms with van der Waals surface area (Å²) in [7, 11) is 0. The molecule has 1 aliphatic rings. The highest BCUT2D eigenvalue weighted by atomic mass is 79.9. The second kappa shape index (κ2) is 9.60. The molecule has 4 aromatic rings. The monoisotopic (exact) mass is 527 g/mol. The van der Waals surface area contributed by atoms with Crippen molar-refractivity contribution in [3.8, 4) is 0 Å². The fourth-order valence-corrected chi connectivity index (χ4v) is 4.37. The Morgan fingerprint density at radius 1 is 0.857 bits per heavy atom. The fourth-order valence-electron chi connectivity index (χ4n) is 4.11. The molecule has 35 heavy (non-hydrogen) atoms. The number of rotatable bonds is 5. The summed E-state index contributed by atoms with van der Waals surface area (Å²) in [5, 5.41) is 13.7. The van der Waals surface area contributed by atoms with Gasteiger partial charge in [0.15, 0.2) is 0 Å². The van der Waals surface area contributed by atoms with Crippen LogP contribution in [0, 0.1) is 0 Å². The topological polar surface area (TPSA) is 88.0 Å². The Balaban J connectivity index is 1.55. The third-order valence-electron chi connectivity index (χ3n) is 5.76. The molecule has 0 aliphatic carbocycles. The molecule has 3 aromatic carbocycles. The summed E-state index contributed by atoms with van der Waals surface area (Å²) in [6.45, 7) is 1.83. The average molecular weight is 528 g/mol. The molecule has 2 amide bonds. The van der Waals surface area contributed by atoms with E-state index < -0.39 is 6.04 Å². The van der Waals surface area contributed by atoms with Crippen molar-refractivity contribution in [3.05, 3.63) is 118 Å². The molecule has 0 saturated carbocycles. The Hall–Kier alpha value is -4.17. The lowest BCUT2D eigenvalue weighted by molar-refractivity contribution is -0.113. The number of nitrogens with one attached hydrogen (secondary N) is 3. The number of carbonyl (C=O) groups is 2. The van der Waals surface area contributed by atoms with Crippen LogP contribution < -0.4 is 16.0 Å². The van der Waals surface area contributed by atoms with E-state index in [1.807, 2.05) is 91.9 Å². The second-order valence-corrected chi connectivity index (χ2v) is 9.03. The molecule has 0 bridgehead atoms. The summed E-state index contributed by atoms with van der Waals surface area (Å²) >= 11 is 3.48. The van der Waals surface area contributed by atoms with Crippen LogP contribution in [-0.2, 0) is 4.79 Å². The molecule has 1 atom stereocenters. The first-order chi connectivity index (χ1) is 17.0. The Morgan fingerprint density at radius 3 is 2.03 bits per heavy atom. The van der Waals surface area contributed by atoms with Crippen molar-refractivity contribution in [1.82, 2.24) is 9.78 Å². The van der Waals surface area contributed by atoms with Crippen LogP contribution in [0.5, 0.6) is 0 Å². The van der Waals surface area contributed by atoms with Crippen molar-refractivity contribution in [2.24, 2.45) is 0 Å². The van der Waals surface area contributed by atoms with Crippen LogP contribution >= 0.6 is 15.9 Å². The number of anilines is 3. The Kier molecular flexibility index (Phi) is 6.20. The SMILES string of the molecule is CC1=C(C(=O)Nc2ccccc2)C(c2ccc(Br)cc2)n2ncc(C(=O)Nc3ccccc3)c2N1. The first-order valence-corrected chi connectivity index (χ1v) is 11.8. The number of hydrogen-bond acceptors (Lipinski definition) is 4. The van der Waals surface area contributed by atoms with E-state index in [0.717, 1.165) is 10.0 Å². The van der Waals surface area contributed by atoms with Gasteiger partial charge < -0.3 is 16.0 Å². The predicted octanol–water partition coefficient (Wildman–Crippen LogP) is 5.83. The van der Waals surface area contributed by atoms with Gasteiger partial charge in [0.1, 0.15) is 17.4 Å². The van der Waals surface area contributed by atoms with E-state index in [-0.39, 0.29) is 11.8 Å². The van der Waals surface area contributed by atoms with Crippen LogP contribution in [0.15, 0.2) is 107 Å². The van der Waals surface area contributed by atoms with Crippen LogP contribution in [0.3, 0.4) is 0 Å². The standard InChI is InChI=1S/C27H22BrN5O2/c1-17-23(27(35)32-21-10-6-3-7-11-21)24(18-12-14-19(28)15-13-18)33-25(30-17)22(16-29-33)26(34)31-20-8-4-2-5-9-20/h2-16,24,30H,1H3,(H,31,34)(H,32,35). The lowest BCUT2D eigenvalue weighted by atomic mass is 9.94. The highest BCUT2D eigenvalue weighted by Crippen LogP contribution is 2.38. The van der Waals surface area contributed by atoms with Gasteiger partial charge in [-0.25, -0.2) is 4.68 Å². The van der Waals surface area contributed by atoms with E-state index in [2.05, 4.69) is 37.0 Å². The van der Waals surface area contributed by atoms with Crippen molar-refractivity contribution in [2.75, 3.05) is 16.0 Å². The number of benzene rings is 3. The molecule has 0 radical (unpaired) electrons. The molecule has 1 aliphatic heterocycles. The fraction of sp³-hybridized carbons (Fsp3) is 0.0741. The molecule has 5 rings (SSSR count). The van der Waals surface area contributed by atoms with Gasteiger partial charge in [-0.2, -0.15) is 5.10 Å². The maximum Gasteiger partial charge on any atom is 0.261 e. The smallest absolute Gasteiger partial charge is 0.261 e. The van der Waals surface area contributed by atoms with Crippen LogP contribution in [0.1, 0.15) is 28.9 Å². The summed E-state index contributed by atoms with van der Waals surface area (Å²) in [5.41, 5.74) is 3.80. The average Bonchev–Trinajstić information content (AvgIpc) is 3.28. The number of fused-ring (bicyclic) bond motifs is 1. The number of hydrogen-bond donors (Lipinski definition) is 3. The van der Waals surface area contributed by atoms with Crippen molar-refractivity contribution >= 4 is 44.9 Å². The predicted molar refractivity (Wildman–Crippen MR) is 140 cm³/mol. The Morgan fingerprint density at radius 2 is 1.43 bits per heavy atom. The van der Waals surface area contributed by atoms with E-state index in [1.54, 1.807) is 4.68 Å². The van der Waals surface area contributed by atoms with Gasteiger partial charge in [-0.1, -0.05) is 64.5 Å². The zero-order valence-corrected chi connectivity index (χ0v) is 20.4. The van der Waals surface area contributed by atoms with E-state index in [9.17, 15) is 9.59 Å². The highest BCUT2D eigenvalue weighted by Gasteiger charge is 2.35. The van der Waals surface area contributed by atoms with Gasteiger partial charge in [-0.15, -0.1) is 0 Å². The summed E-state index contributed by atoms with van der Waals surface area (Å²) in [5.74, 6) is -0.00448. The molecular weight excluding hydrogens is 506 g/mol. The van der Waals surface area contributed by atoms with E-state index in [0.29, 0.717) is 34.0 Å². The maximum absolute atomic E-state index is 13.5. The summed E-state index contributed by atoms with van der Waals surface area (Å²) < 4.78 is 2.62. The third kappa shape index (κ3) is 4.61. The molecule has 174 valence electrons. The van der Waals surface area contributed by atoms with Crippen molar-refractivity contribution in [2.45, 2.75) is 13.0 Å². The van der Waals surface area contributed by atoms with Gasteiger partial charge in [0.05, 0.1) is 11.8 Å². The van der Waals surface area contributed by atoms with Crippen LogP contribution in [0.4, 0.5) is 17.2 Å². The number of para-hydroxylation sites is 2. The highest BCUT2D eigenvalue weighted by molar-refractivity contribution is 9.10. The largest absolute Gasteiger partial charge is 0.343 e. The normalized spacial score (nSPS) is 14.6. The zero-order chi connectivity index (χ0) is 24.4. The third-order valence-corrected chi connectivity index (χ3v) is 6.29. The molecule has 0 spiro atoms. The van der Waals surface area contributed by atoms with Crippen molar-refractivity contribution in [1.29, 1.82) is 0 Å². The molecular formula is C27H22BrN5O2. The quantitative estimate of drug-likeness (QED) is 0.305. The van der Waals surface area contributed by atoms with E-state index in [1.165, 1.54) is 6.20 Å². The zero-order valence-electron chi connectivity index (χ0n) is 18.8. The number of halogens is 1. The second-order valence-electron chi connectivity index (χ2n) is 8.11. The molecule has 3 N–H and O–H groups in total. The Bertz CT molecular complexity index is 1410. The van der Waals surface area contributed by atoms with Crippen LogP contribution in [0.25, 0.3) is 0 Å².